The van der Waals surface area contributed by atoms with Gasteiger partial charge in [0.05, 0.1) is 4.34 Å². The summed E-state index contributed by atoms with van der Waals surface area (Å²) in [4.78, 5) is 30.6. The SMILES string of the molecule is O=C1N[C@H](Cc2ccc(O)cc2)C(=O)N2CCN(Cc3ccc(Cl)s3)C[C@H]12. The Morgan fingerprint density at radius 2 is 1.93 bits per heavy atom. The van der Waals surface area contributed by atoms with E-state index in [0.29, 0.717) is 19.5 Å². The number of phenolic OH excluding ortho intramolecular Hbond substituents is 1. The normalized spacial score (nSPS) is 23.2. The Balaban J connectivity index is 1.41. The van der Waals surface area contributed by atoms with Crippen molar-refractivity contribution in [1.29, 1.82) is 0 Å². The Morgan fingerprint density at radius 1 is 1.15 bits per heavy atom. The lowest BCUT2D eigenvalue weighted by molar-refractivity contribution is -0.153. The number of phenols is 1. The number of benzene rings is 1. The molecule has 2 fully saturated rings. The van der Waals surface area contributed by atoms with E-state index in [-0.39, 0.29) is 17.6 Å². The predicted octanol–water partition coefficient (Wildman–Crippen LogP) is 1.86. The third-order valence-corrected chi connectivity index (χ3v) is 6.27. The molecular weight excluding hydrogens is 386 g/mol. The van der Waals surface area contributed by atoms with Crippen molar-refractivity contribution in [2.24, 2.45) is 0 Å². The Kier molecular flexibility index (Phi) is 5.08. The highest BCUT2D eigenvalue weighted by Crippen LogP contribution is 2.25. The summed E-state index contributed by atoms with van der Waals surface area (Å²) in [6, 6.07) is 9.59. The van der Waals surface area contributed by atoms with Crippen LogP contribution in [-0.4, -0.2) is 58.4 Å². The van der Waals surface area contributed by atoms with Gasteiger partial charge in [-0.2, -0.15) is 0 Å². The summed E-state index contributed by atoms with van der Waals surface area (Å²) in [5, 5.41) is 12.3. The van der Waals surface area contributed by atoms with Crippen LogP contribution in [0.5, 0.6) is 5.75 Å². The molecule has 0 unspecified atom stereocenters. The van der Waals surface area contributed by atoms with Crippen molar-refractivity contribution in [3.63, 3.8) is 0 Å². The first kappa shape index (κ1) is 18.3. The molecule has 4 rings (SSSR count). The number of thiophene rings is 1. The highest BCUT2D eigenvalue weighted by molar-refractivity contribution is 7.16. The van der Waals surface area contributed by atoms with Gasteiger partial charge in [-0.1, -0.05) is 23.7 Å². The summed E-state index contributed by atoms with van der Waals surface area (Å²) < 4.78 is 0.756. The number of halogens is 1. The van der Waals surface area contributed by atoms with E-state index in [1.165, 1.54) is 11.3 Å². The molecule has 2 amide bonds. The summed E-state index contributed by atoms with van der Waals surface area (Å²) in [5.41, 5.74) is 0.901. The van der Waals surface area contributed by atoms with Crippen molar-refractivity contribution in [1.82, 2.24) is 15.1 Å². The number of rotatable bonds is 4. The van der Waals surface area contributed by atoms with Crippen LogP contribution >= 0.6 is 22.9 Å². The smallest absolute Gasteiger partial charge is 0.246 e. The molecule has 0 radical (unpaired) electrons. The molecule has 2 aliphatic rings. The molecule has 2 aliphatic heterocycles. The number of amides is 2. The zero-order chi connectivity index (χ0) is 19.0. The Hall–Kier alpha value is -2.09. The van der Waals surface area contributed by atoms with Crippen molar-refractivity contribution in [2.45, 2.75) is 25.0 Å². The maximum absolute atomic E-state index is 12.9. The minimum absolute atomic E-state index is 0.0357. The fourth-order valence-electron chi connectivity index (χ4n) is 3.66. The van der Waals surface area contributed by atoms with E-state index in [1.54, 1.807) is 29.2 Å². The van der Waals surface area contributed by atoms with Crippen molar-refractivity contribution < 1.29 is 14.7 Å². The number of aromatic hydroxyl groups is 1. The van der Waals surface area contributed by atoms with Crippen LogP contribution in [0.15, 0.2) is 36.4 Å². The van der Waals surface area contributed by atoms with Crippen LogP contribution in [-0.2, 0) is 22.6 Å². The largest absolute Gasteiger partial charge is 0.508 e. The monoisotopic (exact) mass is 405 g/mol. The number of hydrogen-bond acceptors (Lipinski definition) is 5. The van der Waals surface area contributed by atoms with Gasteiger partial charge in [0.2, 0.25) is 11.8 Å². The van der Waals surface area contributed by atoms with Crippen LogP contribution in [0.3, 0.4) is 0 Å². The molecule has 6 nitrogen and oxygen atoms in total. The molecule has 2 N–H and O–H groups in total. The lowest BCUT2D eigenvalue weighted by Crippen LogP contribution is -2.69. The standard InChI is InChI=1S/C19H20ClN3O3S/c20-17-6-5-14(27-17)10-22-7-8-23-16(11-22)18(25)21-15(19(23)26)9-12-1-3-13(24)4-2-12/h1-6,15-16,24H,7-11H2,(H,21,25)/t15-,16-/m1/s1. The van der Waals surface area contributed by atoms with Crippen molar-refractivity contribution >= 4 is 34.8 Å². The molecule has 1 aromatic carbocycles. The summed E-state index contributed by atoms with van der Waals surface area (Å²) in [7, 11) is 0. The van der Waals surface area contributed by atoms with Crippen molar-refractivity contribution in [3.05, 3.63) is 51.2 Å². The van der Waals surface area contributed by atoms with Crippen LogP contribution in [0.1, 0.15) is 10.4 Å². The number of nitrogens with one attached hydrogen (secondary N) is 1. The summed E-state index contributed by atoms with van der Waals surface area (Å²) >= 11 is 7.53. The van der Waals surface area contributed by atoms with E-state index in [4.69, 9.17) is 11.6 Å². The second-order valence-electron chi connectivity index (χ2n) is 6.92. The Bertz CT molecular complexity index is 854. The number of carbonyl (C=O) groups is 2. The van der Waals surface area contributed by atoms with Gasteiger partial charge in [0.15, 0.2) is 0 Å². The van der Waals surface area contributed by atoms with Gasteiger partial charge < -0.3 is 15.3 Å². The zero-order valence-corrected chi connectivity index (χ0v) is 16.2. The number of carbonyl (C=O) groups excluding carboxylic acids is 2. The van der Waals surface area contributed by atoms with Crippen LogP contribution in [0.2, 0.25) is 4.34 Å². The van der Waals surface area contributed by atoms with Gasteiger partial charge in [-0.05, 0) is 29.8 Å². The van der Waals surface area contributed by atoms with Crippen molar-refractivity contribution in [2.75, 3.05) is 19.6 Å². The third-order valence-electron chi connectivity index (χ3n) is 5.05. The molecule has 0 spiro atoms. The zero-order valence-electron chi connectivity index (χ0n) is 14.6. The molecule has 142 valence electrons. The van der Waals surface area contributed by atoms with E-state index in [1.807, 2.05) is 12.1 Å². The fraction of sp³-hybridized carbons (Fsp3) is 0.368. The van der Waals surface area contributed by atoms with E-state index in [9.17, 15) is 14.7 Å². The molecule has 0 bridgehead atoms. The van der Waals surface area contributed by atoms with Gasteiger partial charge >= 0.3 is 0 Å². The molecular formula is C19H20ClN3O3S. The van der Waals surface area contributed by atoms with Crippen molar-refractivity contribution in [3.8, 4) is 5.75 Å². The summed E-state index contributed by atoms with van der Waals surface area (Å²) in [6.07, 6.45) is 0.422. The minimum atomic E-state index is -0.555. The van der Waals surface area contributed by atoms with E-state index >= 15 is 0 Å². The first-order chi connectivity index (χ1) is 13.0. The first-order valence-electron chi connectivity index (χ1n) is 8.85. The quantitative estimate of drug-likeness (QED) is 0.814. The van der Waals surface area contributed by atoms with Gasteiger partial charge in [0.1, 0.15) is 17.8 Å². The molecule has 1 aromatic heterocycles. The number of piperazine rings is 2. The number of nitrogens with zero attached hydrogens (tertiary/aromatic N) is 2. The van der Waals surface area contributed by atoms with Crippen LogP contribution in [0.4, 0.5) is 0 Å². The topological polar surface area (TPSA) is 72.9 Å². The van der Waals surface area contributed by atoms with Gasteiger partial charge in [-0.25, -0.2) is 0 Å². The van der Waals surface area contributed by atoms with Crippen LogP contribution in [0, 0.1) is 0 Å². The van der Waals surface area contributed by atoms with Gasteiger partial charge in [-0.15, -0.1) is 11.3 Å². The summed E-state index contributed by atoms with van der Waals surface area (Å²) in [5.74, 6) is 0.0414. The van der Waals surface area contributed by atoms with Crippen LogP contribution in [0.25, 0.3) is 0 Å². The molecule has 27 heavy (non-hydrogen) atoms. The Labute approximate surface area is 166 Å². The second kappa shape index (κ2) is 7.50. The Morgan fingerprint density at radius 3 is 2.63 bits per heavy atom. The first-order valence-corrected chi connectivity index (χ1v) is 10.0. The molecule has 2 aromatic rings. The van der Waals surface area contributed by atoms with Gasteiger partial charge in [0.25, 0.3) is 0 Å². The average molecular weight is 406 g/mol. The minimum Gasteiger partial charge on any atom is -0.508 e. The van der Waals surface area contributed by atoms with E-state index in [0.717, 1.165) is 27.9 Å². The third kappa shape index (κ3) is 3.95. The molecule has 0 saturated carbocycles. The lowest BCUT2D eigenvalue weighted by Gasteiger charge is -2.45. The maximum atomic E-state index is 12.9. The van der Waals surface area contributed by atoms with Crippen LogP contribution < -0.4 is 5.32 Å². The molecule has 3 heterocycles. The second-order valence-corrected chi connectivity index (χ2v) is 8.72. The molecule has 2 saturated heterocycles. The highest BCUT2D eigenvalue weighted by atomic mass is 35.5. The lowest BCUT2D eigenvalue weighted by atomic mass is 9.98. The molecule has 2 atom stereocenters. The van der Waals surface area contributed by atoms with E-state index in [2.05, 4.69) is 10.2 Å². The average Bonchev–Trinajstić information content (AvgIpc) is 3.06. The highest BCUT2D eigenvalue weighted by Gasteiger charge is 2.43. The van der Waals surface area contributed by atoms with E-state index < -0.39 is 12.1 Å². The van der Waals surface area contributed by atoms with Gasteiger partial charge in [0, 0.05) is 37.5 Å². The number of hydrogen-bond donors (Lipinski definition) is 2. The molecule has 8 heteroatoms. The molecule has 0 aliphatic carbocycles. The summed E-state index contributed by atoms with van der Waals surface area (Å²) in [6.45, 7) is 2.54. The fourth-order valence-corrected chi connectivity index (χ4v) is 4.79. The number of fused-ring (bicyclic) bond motifs is 1. The maximum Gasteiger partial charge on any atom is 0.246 e. The van der Waals surface area contributed by atoms with Gasteiger partial charge in [-0.3, -0.25) is 14.5 Å². The predicted molar refractivity (Wildman–Crippen MR) is 104 cm³/mol.